The van der Waals surface area contributed by atoms with Crippen LogP contribution < -0.4 is 11.0 Å². The third-order valence-corrected chi connectivity index (χ3v) is 4.22. The number of aromatic nitrogens is 2. The van der Waals surface area contributed by atoms with Gasteiger partial charge in [0.1, 0.15) is 0 Å². The molecule has 0 fully saturated rings. The number of alkyl halides is 3. The van der Waals surface area contributed by atoms with Gasteiger partial charge in [-0.1, -0.05) is 29.8 Å². The Morgan fingerprint density at radius 3 is 2.31 bits per heavy atom. The standard InChI is InChI=1S/C19H14ClF3N4O2/c1-11-15(18(29)27(26-11)14-5-3-2-4-6-14)16(19(21,22)23)24-25-17(28)12-7-9-13(20)10-8-12/h2-10,26H,1H3,(H,25,28)/b24-16-. The van der Waals surface area contributed by atoms with Gasteiger partial charge in [-0.3, -0.25) is 14.7 Å². The van der Waals surface area contributed by atoms with E-state index in [9.17, 15) is 22.8 Å². The van der Waals surface area contributed by atoms with Crippen molar-refractivity contribution in [3.8, 4) is 5.69 Å². The van der Waals surface area contributed by atoms with Gasteiger partial charge >= 0.3 is 6.18 Å². The molecular formula is C19H14ClF3N4O2. The number of nitrogens with zero attached hydrogens (tertiary/aromatic N) is 2. The van der Waals surface area contributed by atoms with Crippen molar-refractivity contribution in [2.24, 2.45) is 5.10 Å². The summed E-state index contributed by atoms with van der Waals surface area (Å²) in [5, 5.41) is 6.19. The third-order valence-electron chi connectivity index (χ3n) is 3.97. The van der Waals surface area contributed by atoms with Gasteiger partial charge in [0.05, 0.1) is 11.3 Å². The van der Waals surface area contributed by atoms with Crippen molar-refractivity contribution in [3.05, 3.63) is 86.8 Å². The number of nitrogens with one attached hydrogen (secondary N) is 2. The molecule has 150 valence electrons. The molecule has 10 heteroatoms. The number of H-pyrrole nitrogens is 1. The van der Waals surface area contributed by atoms with Crippen LogP contribution in [0.15, 0.2) is 64.5 Å². The molecule has 0 aliphatic rings. The molecule has 3 rings (SSSR count). The fraction of sp³-hybridized carbons (Fsp3) is 0.105. The zero-order chi connectivity index (χ0) is 21.2. The van der Waals surface area contributed by atoms with E-state index in [0.717, 1.165) is 4.68 Å². The summed E-state index contributed by atoms with van der Waals surface area (Å²) < 4.78 is 41.8. The minimum Gasteiger partial charge on any atom is -0.295 e. The minimum atomic E-state index is -4.98. The van der Waals surface area contributed by atoms with E-state index < -0.39 is 28.9 Å². The van der Waals surface area contributed by atoms with E-state index in [1.807, 2.05) is 5.43 Å². The first kappa shape index (κ1) is 20.4. The number of hydrogen-bond acceptors (Lipinski definition) is 3. The Morgan fingerprint density at radius 1 is 1.10 bits per heavy atom. The maximum absolute atomic E-state index is 13.6. The van der Waals surface area contributed by atoms with E-state index >= 15 is 0 Å². The molecule has 0 saturated heterocycles. The van der Waals surface area contributed by atoms with Crippen molar-refractivity contribution in [3.63, 3.8) is 0 Å². The number of aromatic amines is 1. The van der Waals surface area contributed by atoms with Crippen molar-refractivity contribution < 1.29 is 18.0 Å². The van der Waals surface area contributed by atoms with Gasteiger partial charge in [-0.2, -0.15) is 18.3 Å². The third kappa shape index (κ3) is 4.40. The molecule has 0 saturated carbocycles. The van der Waals surface area contributed by atoms with Crippen LogP contribution in [0.1, 0.15) is 21.6 Å². The summed E-state index contributed by atoms with van der Waals surface area (Å²) in [4.78, 5) is 24.7. The molecule has 0 aliphatic carbocycles. The van der Waals surface area contributed by atoms with Gasteiger partial charge in [0.25, 0.3) is 11.5 Å². The van der Waals surface area contributed by atoms with Crippen LogP contribution in [-0.4, -0.2) is 27.6 Å². The van der Waals surface area contributed by atoms with Gasteiger partial charge in [-0.05, 0) is 43.3 Å². The van der Waals surface area contributed by atoms with Crippen molar-refractivity contribution in [1.82, 2.24) is 15.2 Å². The summed E-state index contributed by atoms with van der Waals surface area (Å²) in [7, 11) is 0. The number of amides is 1. The fourth-order valence-corrected chi connectivity index (χ4v) is 2.74. The topological polar surface area (TPSA) is 79.2 Å². The highest BCUT2D eigenvalue weighted by Crippen LogP contribution is 2.23. The molecule has 1 aromatic heterocycles. The zero-order valence-electron chi connectivity index (χ0n) is 14.9. The number of carbonyl (C=O) groups is 1. The van der Waals surface area contributed by atoms with Crippen LogP contribution in [0.3, 0.4) is 0 Å². The first-order valence-electron chi connectivity index (χ1n) is 8.26. The number of para-hydroxylation sites is 1. The van der Waals surface area contributed by atoms with Crippen molar-refractivity contribution >= 4 is 23.2 Å². The molecule has 0 radical (unpaired) electrons. The monoisotopic (exact) mass is 422 g/mol. The highest BCUT2D eigenvalue weighted by Gasteiger charge is 2.41. The Bertz CT molecular complexity index is 1120. The van der Waals surface area contributed by atoms with Crippen molar-refractivity contribution in [2.45, 2.75) is 13.1 Å². The van der Waals surface area contributed by atoms with Crippen LogP contribution >= 0.6 is 11.6 Å². The van der Waals surface area contributed by atoms with Crippen molar-refractivity contribution in [2.75, 3.05) is 0 Å². The lowest BCUT2D eigenvalue weighted by molar-refractivity contribution is -0.0584. The lowest BCUT2D eigenvalue weighted by Gasteiger charge is -2.09. The van der Waals surface area contributed by atoms with E-state index in [4.69, 9.17) is 11.6 Å². The summed E-state index contributed by atoms with van der Waals surface area (Å²) in [6.07, 6.45) is -4.98. The maximum Gasteiger partial charge on any atom is 0.435 e. The average Bonchev–Trinajstić information content (AvgIpc) is 2.97. The number of halogens is 4. The van der Waals surface area contributed by atoms with Gasteiger partial charge in [0, 0.05) is 16.3 Å². The number of hydrazone groups is 1. The summed E-state index contributed by atoms with van der Waals surface area (Å²) >= 11 is 5.72. The van der Waals surface area contributed by atoms with Crippen molar-refractivity contribution in [1.29, 1.82) is 0 Å². The largest absolute Gasteiger partial charge is 0.435 e. The summed E-state index contributed by atoms with van der Waals surface area (Å²) in [5.41, 5.74) is -0.901. The number of benzene rings is 2. The van der Waals surface area contributed by atoms with E-state index in [1.54, 1.807) is 30.3 Å². The highest BCUT2D eigenvalue weighted by molar-refractivity contribution is 6.30. The normalized spacial score (nSPS) is 12.1. The van der Waals surface area contributed by atoms with E-state index in [1.165, 1.54) is 31.2 Å². The maximum atomic E-state index is 13.6. The fourth-order valence-electron chi connectivity index (χ4n) is 2.62. The molecular weight excluding hydrogens is 409 g/mol. The number of carbonyl (C=O) groups excluding carboxylic acids is 1. The van der Waals surface area contributed by atoms with Gasteiger partial charge in [-0.25, -0.2) is 10.1 Å². The molecule has 0 unspecified atom stereocenters. The smallest absolute Gasteiger partial charge is 0.295 e. The van der Waals surface area contributed by atoms with Crippen LogP contribution in [-0.2, 0) is 0 Å². The number of hydrogen-bond donors (Lipinski definition) is 2. The molecule has 0 spiro atoms. The van der Waals surface area contributed by atoms with Crippen LogP contribution in [0, 0.1) is 6.92 Å². The second-order valence-electron chi connectivity index (χ2n) is 5.99. The number of rotatable bonds is 4. The summed E-state index contributed by atoms with van der Waals surface area (Å²) in [6.45, 7) is 1.32. The Kier molecular flexibility index (Phi) is 5.60. The predicted molar refractivity (Wildman–Crippen MR) is 103 cm³/mol. The van der Waals surface area contributed by atoms with Gasteiger partial charge in [-0.15, -0.1) is 0 Å². The second kappa shape index (κ2) is 7.96. The van der Waals surface area contributed by atoms with E-state index in [-0.39, 0.29) is 11.3 Å². The Balaban J connectivity index is 2.01. The van der Waals surface area contributed by atoms with Crippen LogP contribution in [0.4, 0.5) is 13.2 Å². The van der Waals surface area contributed by atoms with Gasteiger partial charge in [0.2, 0.25) is 0 Å². The predicted octanol–water partition coefficient (Wildman–Crippen LogP) is 3.82. The lowest BCUT2D eigenvalue weighted by Crippen LogP contribution is -2.33. The Hall–Kier alpha value is -3.33. The molecule has 1 amide bonds. The minimum absolute atomic E-state index is 0.0457. The zero-order valence-corrected chi connectivity index (χ0v) is 15.7. The van der Waals surface area contributed by atoms with Gasteiger partial charge in [0.15, 0.2) is 5.71 Å². The molecule has 2 N–H and O–H groups in total. The van der Waals surface area contributed by atoms with Crippen LogP contribution in [0.5, 0.6) is 0 Å². The van der Waals surface area contributed by atoms with E-state index in [2.05, 4.69) is 10.2 Å². The van der Waals surface area contributed by atoms with Crippen LogP contribution in [0.25, 0.3) is 5.69 Å². The second-order valence-corrected chi connectivity index (χ2v) is 6.43. The quantitative estimate of drug-likeness (QED) is 0.495. The summed E-state index contributed by atoms with van der Waals surface area (Å²) in [6, 6.07) is 13.6. The first-order chi connectivity index (χ1) is 13.7. The molecule has 6 nitrogen and oxygen atoms in total. The van der Waals surface area contributed by atoms with E-state index in [0.29, 0.717) is 10.7 Å². The SMILES string of the molecule is Cc1[nH]n(-c2ccccc2)c(=O)c1/C(=N/NC(=O)c1ccc(Cl)cc1)C(F)(F)F. The molecule has 3 aromatic rings. The Labute approximate surface area is 167 Å². The first-order valence-corrected chi connectivity index (χ1v) is 8.64. The van der Waals surface area contributed by atoms with Gasteiger partial charge < -0.3 is 0 Å². The average molecular weight is 423 g/mol. The summed E-state index contributed by atoms with van der Waals surface area (Å²) in [5.74, 6) is -0.875. The molecule has 1 heterocycles. The molecule has 0 aliphatic heterocycles. The lowest BCUT2D eigenvalue weighted by atomic mass is 10.1. The van der Waals surface area contributed by atoms with Crippen LogP contribution in [0.2, 0.25) is 5.02 Å². The molecule has 29 heavy (non-hydrogen) atoms. The molecule has 0 atom stereocenters. The Morgan fingerprint density at radius 2 is 1.72 bits per heavy atom. The molecule has 0 bridgehead atoms. The number of aryl methyl sites for hydroxylation is 1. The molecule has 2 aromatic carbocycles. The highest BCUT2D eigenvalue weighted by atomic mass is 35.5.